The lowest BCUT2D eigenvalue weighted by atomic mass is 10.1. The maximum absolute atomic E-state index is 12.6. The Balaban J connectivity index is 1.65. The molecule has 2 aliphatic heterocycles. The Hall–Kier alpha value is -1.92. The molecule has 0 aliphatic carbocycles. The van der Waals surface area contributed by atoms with Crippen molar-refractivity contribution in [2.24, 2.45) is 0 Å². The van der Waals surface area contributed by atoms with Crippen molar-refractivity contribution in [2.75, 3.05) is 18.0 Å². The normalized spacial score (nSPS) is 21.2. The minimum atomic E-state index is -3.40. The molecule has 126 valence electrons. The summed E-state index contributed by atoms with van der Waals surface area (Å²) in [6.07, 6.45) is 4.35. The molecule has 2 aliphatic rings. The summed E-state index contributed by atoms with van der Waals surface area (Å²) in [5.74, 6) is 0.799. The van der Waals surface area contributed by atoms with E-state index in [0.717, 1.165) is 30.8 Å². The molecule has 0 spiro atoms. The van der Waals surface area contributed by atoms with Crippen molar-refractivity contribution in [2.45, 2.75) is 37.1 Å². The highest BCUT2D eigenvalue weighted by atomic mass is 32.2. The molecule has 0 amide bonds. The van der Waals surface area contributed by atoms with E-state index in [9.17, 15) is 8.42 Å². The second-order valence-electron chi connectivity index (χ2n) is 6.52. The Kier molecular flexibility index (Phi) is 3.81. The number of pyridine rings is 1. The zero-order valence-corrected chi connectivity index (χ0v) is 14.5. The minimum Gasteiger partial charge on any atom is -0.323 e. The van der Waals surface area contributed by atoms with E-state index in [1.807, 2.05) is 18.2 Å². The summed E-state index contributed by atoms with van der Waals surface area (Å²) < 4.78 is 26.8. The zero-order chi connectivity index (χ0) is 16.7. The standard InChI is InChI=1S/C18H21N3O2S/c1-14-12-15-6-2-3-7-17(15)21(14)18-9-8-16(13-19-18)24(22,23)20-10-4-5-11-20/h2-3,6-9,13-14H,4-5,10-12H2,1H3. The van der Waals surface area contributed by atoms with E-state index in [4.69, 9.17) is 0 Å². The van der Waals surface area contributed by atoms with Crippen molar-refractivity contribution in [3.8, 4) is 0 Å². The first-order chi connectivity index (χ1) is 11.6. The molecule has 1 unspecified atom stereocenters. The van der Waals surface area contributed by atoms with E-state index >= 15 is 0 Å². The SMILES string of the molecule is CC1Cc2ccccc2N1c1ccc(S(=O)(=O)N2CCCC2)cn1. The van der Waals surface area contributed by atoms with Crippen LogP contribution in [0.15, 0.2) is 47.5 Å². The predicted molar refractivity (Wildman–Crippen MR) is 94.0 cm³/mol. The highest BCUT2D eigenvalue weighted by Gasteiger charge is 2.30. The number of rotatable bonds is 3. The van der Waals surface area contributed by atoms with Crippen molar-refractivity contribution < 1.29 is 8.42 Å². The van der Waals surface area contributed by atoms with Crippen molar-refractivity contribution in [1.29, 1.82) is 0 Å². The maximum atomic E-state index is 12.6. The summed E-state index contributed by atoms with van der Waals surface area (Å²) in [6.45, 7) is 3.39. The van der Waals surface area contributed by atoms with Crippen molar-refractivity contribution in [3.05, 3.63) is 48.2 Å². The van der Waals surface area contributed by atoms with Gasteiger partial charge in [-0.25, -0.2) is 13.4 Å². The van der Waals surface area contributed by atoms with Gasteiger partial charge in [0.1, 0.15) is 10.7 Å². The number of para-hydroxylation sites is 1. The average molecular weight is 343 g/mol. The lowest BCUT2D eigenvalue weighted by Gasteiger charge is -2.24. The van der Waals surface area contributed by atoms with E-state index in [1.54, 1.807) is 10.4 Å². The van der Waals surface area contributed by atoms with Gasteiger partial charge in [-0.1, -0.05) is 18.2 Å². The molecule has 3 heterocycles. The quantitative estimate of drug-likeness (QED) is 0.860. The molecular weight excluding hydrogens is 322 g/mol. The van der Waals surface area contributed by atoms with Crippen LogP contribution in [0.5, 0.6) is 0 Å². The number of nitrogens with zero attached hydrogens (tertiary/aromatic N) is 3. The Morgan fingerprint density at radius 2 is 1.83 bits per heavy atom. The van der Waals surface area contributed by atoms with E-state index < -0.39 is 10.0 Å². The number of anilines is 2. The third kappa shape index (κ3) is 2.50. The van der Waals surface area contributed by atoms with E-state index in [2.05, 4.69) is 28.9 Å². The molecule has 1 aromatic heterocycles. The van der Waals surface area contributed by atoms with Gasteiger partial charge in [-0.2, -0.15) is 4.31 Å². The number of hydrogen-bond donors (Lipinski definition) is 0. The van der Waals surface area contributed by atoms with Crippen LogP contribution in [0, 0.1) is 0 Å². The van der Waals surface area contributed by atoms with Crippen LogP contribution in [0.2, 0.25) is 0 Å². The second-order valence-corrected chi connectivity index (χ2v) is 8.45. The van der Waals surface area contributed by atoms with Crippen LogP contribution >= 0.6 is 0 Å². The van der Waals surface area contributed by atoms with E-state index in [-0.39, 0.29) is 4.90 Å². The van der Waals surface area contributed by atoms with Crippen molar-refractivity contribution in [3.63, 3.8) is 0 Å². The van der Waals surface area contributed by atoms with E-state index in [1.165, 1.54) is 11.8 Å². The number of benzene rings is 1. The molecule has 4 rings (SSSR count). The second kappa shape index (κ2) is 5.86. The largest absolute Gasteiger partial charge is 0.323 e. The Bertz CT molecular complexity index is 843. The van der Waals surface area contributed by atoms with Gasteiger partial charge < -0.3 is 4.90 Å². The number of hydrogen-bond acceptors (Lipinski definition) is 4. The van der Waals surface area contributed by atoms with Crippen LogP contribution in [-0.2, 0) is 16.4 Å². The smallest absolute Gasteiger partial charge is 0.244 e. The van der Waals surface area contributed by atoms with Gasteiger partial charge in [0.15, 0.2) is 0 Å². The van der Waals surface area contributed by atoms with Crippen molar-refractivity contribution >= 4 is 21.5 Å². The first-order valence-corrected chi connectivity index (χ1v) is 9.85. The highest BCUT2D eigenvalue weighted by Crippen LogP contribution is 2.37. The Morgan fingerprint density at radius 1 is 1.08 bits per heavy atom. The van der Waals surface area contributed by atoms with Crippen molar-refractivity contribution in [1.82, 2.24) is 9.29 Å². The first-order valence-electron chi connectivity index (χ1n) is 8.41. The topological polar surface area (TPSA) is 53.5 Å². The van der Waals surface area contributed by atoms with Gasteiger partial charge in [0.05, 0.1) is 0 Å². The lowest BCUT2D eigenvalue weighted by Crippen LogP contribution is -2.28. The first kappa shape index (κ1) is 15.6. The summed E-state index contributed by atoms with van der Waals surface area (Å²) in [5.41, 5.74) is 2.47. The number of aromatic nitrogens is 1. The van der Waals surface area contributed by atoms with Crippen LogP contribution in [0.3, 0.4) is 0 Å². The summed E-state index contributed by atoms with van der Waals surface area (Å²) in [5, 5.41) is 0. The van der Waals surface area contributed by atoms with E-state index in [0.29, 0.717) is 19.1 Å². The molecular formula is C18H21N3O2S. The molecule has 1 aromatic carbocycles. The molecule has 1 fully saturated rings. The molecule has 0 saturated carbocycles. The molecule has 6 heteroatoms. The monoisotopic (exact) mass is 343 g/mol. The van der Waals surface area contributed by atoms with Gasteiger partial charge in [0.2, 0.25) is 10.0 Å². The minimum absolute atomic E-state index is 0.285. The third-order valence-electron chi connectivity index (χ3n) is 4.88. The molecule has 1 atom stereocenters. The van der Waals surface area contributed by atoms with Crippen LogP contribution in [-0.4, -0.2) is 36.8 Å². The fourth-order valence-corrected chi connectivity index (χ4v) is 5.12. The average Bonchev–Trinajstić information content (AvgIpc) is 3.22. The molecule has 2 aromatic rings. The van der Waals surface area contributed by atoms with Gasteiger partial charge in [0, 0.05) is 31.0 Å². The molecule has 0 bridgehead atoms. The fourth-order valence-electron chi connectivity index (χ4n) is 3.66. The van der Waals surface area contributed by atoms with Gasteiger partial charge in [-0.15, -0.1) is 0 Å². The molecule has 24 heavy (non-hydrogen) atoms. The lowest BCUT2D eigenvalue weighted by molar-refractivity contribution is 0.477. The van der Waals surface area contributed by atoms with Gasteiger partial charge in [-0.3, -0.25) is 0 Å². The molecule has 0 radical (unpaired) electrons. The summed E-state index contributed by atoms with van der Waals surface area (Å²) in [6, 6.07) is 12.1. The zero-order valence-electron chi connectivity index (χ0n) is 13.7. The third-order valence-corrected chi connectivity index (χ3v) is 6.76. The molecule has 0 N–H and O–H groups in total. The highest BCUT2D eigenvalue weighted by molar-refractivity contribution is 7.89. The van der Waals surface area contributed by atoms with Crippen LogP contribution < -0.4 is 4.90 Å². The molecule has 1 saturated heterocycles. The Labute approximate surface area is 143 Å². The molecule has 5 nitrogen and oxygen atoms in total. The van der Waals surface area contributed by atoms with Crippen LogP contribution in [0.25, 0.3) is 0 Å². The maximum Gasteiger partial charge on any atom is 0.244 e. The van der Waals surface area contributed by atoms with Gasteiger partial charge in [-0.05, 0) is 49.9 Å². The summed E-state index contributed by atoms with van der Waals surface area (Å²) >= 11 is 0. The number of sulfonamides is 1. The summed E-state index contributed by atoms with van der Waals surface area (Å²) in [7, 11) is -3.40. The summed E-state index contributed by atoms with van der Waals surface area (Å²) in [4.78, 5) is 6.94. The van der Waals surface area contributed by atoms with Gasteiger partial charge >= 0.3 is 0 Å². The van der Waals surface area contributed by atoms with Gasteiger partial charge in [0.25, 0.3) is 0 Å². The van der Waals surface area contributed by atoms with Crippen LogP contribution in [0.1, 0.15) is 25.3 Å². The predicted octanol–water partition coefficient (Wildman–Crippen LogP) is 2.95. The fraction of sp³-hybridized carbons (Fsp3) is 0.389. The number of fused-ring (bicyclic) bond motifs is 1. The van der Waals surface area contributed by atoms with Crippen LogP contribution in [0.4, 0.5) is 11.5 Å². The Morgan fingerprint density at radius 3 is 2.54 bits per heavy atom.